The van der Waals surface area contributed by atoms with Crippen LogP contribution >= 0.6 is 15.9 Å². The molecule has 0 saturated carbocycles. The first-order valence-corrected chi connectivity index (χ1v) is 5.72. The predicted molar refractivity (Wildman–Crippen MR) is 59.8 cm³/mol. The van der Waals surface area contributed by atoms with Crippen molar-refractivity contribution in [3.8, 4) is 0 Å². The average Bonchev–Trinajstić information content (AvgIpc) is 2.84. The van der Waals surface area contributed by atoms with Crippen molar-refractivity contribution in [2.24, 2.45) is 0 Å². The Bertz CT molecular complexity index is 490. The van der Waals surface area contributed by atoms with Crippen LogP contribution in [0.5, 0.6) is 0 Å². The Kier molecular flexibility index (Phi) is 2.21. The second-order valence-electron chi connectivity index (χ2n) is 3.69. The standard InChI is InChI=1S/C10H10BrN3O/c11-8-2-1-7-10(13-8)14-9(12-7)6-3-4-15-5-6/h1-2,6H,3-5H2,(H,12,13,14). The summed E-state index contributed by atoms with van der Waals surface area (Å²) in [6, 6.07) is 3.90. The van der Waals surface area contributed by atoms with E-state index in [0.717, 1.165) is 41.2 Å². The third kappa shape index (κ3) is 1.66. The van der Waals surface area contributed by atoms with Crippen LogP contribution in [0.1, 0.15) is 18.2 Å². The SMILES string of the molecule is Brc1ccc2[nH]c(C3CCOC3)nc2n1. The number of aromatic amines is 1. The van der Waals surface area contributed by atoms with Crippen molar-refractivity contribution in [1.29, 1.82) is 0 Å². The number of hydrogen-bond donors (Lipinski definition) is 1. The molecule has 1 aliphatic rings. The summed E-state index contributed by atoms with van der Waals surface area (Å²) in [5.41, 5.74) is 1.76. The summed E-state index contributed by atoms with van der Waals surface area (Å²) in [5.74, 6) is 1.39. The summed E-state index contributed by atoms with van der Waals surface area (Å²) in [6.07, 6.45) is 1.04. The summed E-state index contributed by atoms with van der Waals surface area (Å²) in [7, 11) is 0. The number of fused-ring (bicyclic) bond motifs is 1. The molecule has 0 amide bonds. The molecular formula is C10H10BrN3O. The van der Waals surface area contributed by atoms with Gasteiger partial charge in [0, 0.05) is 12.5 Å². The first kappa shape index (κ1) is 9.30. The van der Waals surface area contributed by atoms with Gasteiger partial charge in [0.05, 0.1) is 12.1 Å². The largest absolute Gasteiger partial charge is 0.381 e. The minimum atomic E-state index is 0.401. The molecule has 0 aromatic carbocycles. The minimum Gasteiger partial charge on any atom is -0.381 e. The van der Waals surface area contributed by atoms with Crippen LogP contribution < -0.4 is 0 Å². The number of aromatic nitrogens is 3. The maximum atomic E-state index is 5.34. The van der Waals surface area contributed by atoms with Gasteiger partial charge in [-0.05, 0) is 34.5 Å². The number of rotatable bonds is 1. The van der Waals surface area contributed by atoms with Crippen LogP contribution in [-0.2, 0) is 4.74 Å². The van der Waals surface area contributed by atoms with Gasteiger partial charge < -0.3 is 9.72 Å². The third-order valence-electron chi connectivity index (χ3n) is 2.65. The lowest BCUT2D eigenvalue weighted by atomic mass is 10.1. The quantitative estimate of drug-likeness (QED) is 0.807. The van der Waals surface area contributed by atoms with E-state index in [-0.39, 0.29) is 0 Å². The fourth-order valence-electron chi connectivity index (χ4n) is 1.83. The molecule has 2 aromatic rings. The zero-order valence-electron chi connectivity index (χ0n) is 8.03. The molecule has 4 nitrogen and oxygen atoms in total. The third-order valence-corrected chi connectivity index (χ3v) is 3.09. The van der Waals surface area contributed by atoms with Gasteiger partial charge in [-0.25, -0.2) is 9.97 Å². The van der Waals surface area contributed by atoms with Crippen LogP contribution in [-0.4, -0.2) is 28.2 Å². The highest BCUT2D eigenvalue weighted by Crippen LogP contribution is 2.24. The molecule has 1 fully saturated rings. The molecule has 78 valence electrons. The van der Waals surface area contributed by atoms with Crippen LogP contribution in [0.25, 0.3) is 11.2 Å². The van der Waals surface area contributed by atoms with Gasteiger partial charge in [-0.3, -0.25) is 0 Å². The summed E-state index contributed by atoms with van der Waals surface area (Å²) >= 11 is 3.34. The van der Waals surface area contributed by atoms with E-state index in [9.17, 15) is 0 Å². The van der Waals surface area contributed by atoms with Crippen molar-refractivity contribution >= 4 is 27.1 Å². The van der Waals surface area contributed by atoms with Crippen LogP contribution in [0.2, 0.25) is 0 Å². The Morgan fingerprint density at radius 3 is 3.13 bits per heavy atom. The van der Waals surface area contributed by atoms with Crippen molar-refractivity contribution in [1.82, 2.24) is 15.0 Å². The molecular weight excluding hydrogens is 258 g/mol. The maximum Gasteiger partial charge on any atom is 0.178 e. The second-order valence-corrected chi connectivity index (χ2v) is 4.50. The van der Waals surface area contributed by atoms with Gasteiger partial charge in [-0.2, -0.15) is 0 Å². The fraction of sp³-hybridized carbons (Fsp3) is 0.400. The number of nitrogens with one attached hydrogen (secondary N) is 1. The van der Waals surface area contributed by atoms with E-state index < -0.39 is 0 Å². The van der Waals surface area contributed by atoms with Gasteiger partial charge in [-0.15, -0.1) is 0 Å². The minimum absolute atomic E-state index is 0.401. The van der Waals surface area contributed by atoms with Crippen molar-refractivity contribution in [3.63, 3.8) is 0 Å². The number of hydrogen-bond acceptors (Lipinski definition) is 3. The van der Waals surface area contributed by atoms with Crippen molar-refractivity contribution < 1.29 is 4.74 Å². The molecule has 1 unspecified atom stereocenters. The molecule has 1 atom stereocenters. The maximum absolute atomic E-state index is 5.34. The number of ether oxygens (including phenoxy) is 1. The molecule has 3 rings (SSSR count). The predicted octanol–water partition coefficient (Wildman–Crippen LogP) is 2.22. The van der Waals surface area contributed by atoms with Gasteiger partial charge in [-0.1, -0.05) is 0 Å². The smallest absolute Gasteiger partial charge is 0.178 e. The summed E-state index contributed by atoms with van der Waals surface area (Å²) in [4.78, 5) is 12.1. The Balaban J connectivity index is 2.05. The molecule has 5 heteroatoms. The van der Waals surface area contributed by atoms with Crippen molar-refractivity contribution in [2.45, 2.75) is 12.3 Å². The first-order valence-electron chi connectivity index (χ1n) is 4.93. The lowest BCUT2D eigenvalue weighted by Crippen LogP contribution is -1.99. The molecule has 3 heterocycles. The average molecular weight is 268 g/mol. The Morgan fingerprint density at radius 1 is 1.40 bits per heavy atom. The fourth-order valence-corrected chi connectivity index (χ4v) is 2.13. The second kappa shape index (κ2) is 3.57. The Labute approximate surface area is 95.2 Å². The highest BCUT2D eigenvalue weighted by Gasteiger charge is 2.21. The molecule has 15 heavy (non-hydrogen) atoms. The molecule has 0 bridgehead atoms. The Morgan fingerprint density at radius 2 is 2.33 bits per heavy atom. The lowest BCUT2D eigenvalue weighted by molar-refractivity contribution is 0.193. The van der Waals surface area contributed by atoms with E-state index in [2.05, 4.69) is 30.9 Å². The number of halogens is 1. The van der Waals surface area contributed by atoms with Crippen molar-refractivity contribution in [2.75, 3.05) is 13.2 Å². The molecule has 0 aliphatic carbocycles. The van der Waals surface area contributed by atoms with Crippen LogP contribution in [0.4, 0.5) is 0 Å². The van der Waals surface area contributed by atoms with Crippen molar-refractivity contribution in [3.05, 3.63) is 22.6 Å². The number of pyridine rings is 1. The van der Waals surface area contributed by atoms with Gasteiger partial charge in [0.1, 0.15) is 10.4 Å². The molecule has 1 saturated heterocycles. The summed E-state index contributed by atoms with van der Waals surface area (Å²) < 4.78 is 6.16. The van der Waals surface area contributed by atoms with E-state index in [4.69, 9.17) is 4.74 Å². The lowest BCUT2D eigenvalue weighted by Gasteiger charge is -2.00. The molecule has 1 N–H and O–H groups in total. The normalized spacial score (nSPS) is 21.3. The summed E-state index contributed by atoms with van der Waals surface area (Å²) in [6.45, 7) is 1.60. The highest BCUT2D eigenvalue weighted by molar-refractivity contribution is 9.10. The van der Waals surface area contributed by atoms with E-state index in [1.54, 1.807) is 0 Å². The summed E-state index contributed by atoms with van der Waals surface area (Å²) in [5, 5.41) is 0. The molecule has 1 aliphatic heterocycles. The van der Waals surface area contributed by atoms with Crippen LogP contribution in [0, 0.1) is 0 Å². The van der Waals surface area contributed by atoms with Gasteiger partial charge in [0.15, 0.2) is 5.65 Å². The van der Waals surface area contributed by atoms with Gasteiger partial charge in [0.25, 0.3) is 0 Å². The number of H-pyrrole nitrogens is 1. The van der Waals surface area contributed by atoms with E-state index in [1.807, 2.05) is 12.1 Å². The first-order chi connectivity index (χ1) is 7.33. The van der Waals surface area contributed by atoms with E-state index >= 15 is 0 Å². The number of nitrogens with zero attached hydrogens (tertiary/aromatic N) is 2. The molecule has 0 spiro atoms. The Hall–Kier alpha value is -0.940. The highest BCUT2D eigenvalue weighted by atomic mass is 79.9. The zero-order valence-corrected chi connectivity index (χ0v) is 9.62. The number of imidazole rings is 1. The molecule has 0 radical (unpaired) electrons. The van der Waals surface area contributed by atoms with Crippen LogP contribution in [0.15, 0.2) is 16.7 Å². The monoisotopic (exact) mass is 267 g/mol. The van der Waals surface area contributed by atoms with Gasteiger partial charge in [0.2, 0.25) is 0 Å². The van der Waals surface area contributed by atoms with E-state index in [0.29, 0.717) is 5.92 Å². The van der Waals surface area contributed by atoms with E-state index in [1.165, 1.54) is 0 Å². The zero-order chi connectivity index (χ0) is 10.3. The molecule has 2 aromatic heterocycles. The van der Waals surface area contributed by atoms with Crippen LogP contribution in [0.3, 0.4) is 0 Å². The topological polar surface area (TPSA) is 50.8 Å². The van der Waals surface area contributed by atoms with Gasteiger partial charge >= 0.3 is 0 Å².